The molecule has 4 heteroatoms. The van der Waals surface area contributed by atoms with E-state index in [0.29, 0.717) is 0 Å². The van der Waals surface area contributed by atoms with Crippen LogP contribution in [-0.2, 0) is 0 Å². The second-order valence-corrected chi connectivity index (χ2v) is 18.4. The molecule has 0 spiro atoms. The maximum Gasteiger partial charge on any atom is 0.109 e. The van der Waals surface area contributed by atoms with Crippen LogP contribution in [0.15, 0.2) is 218 Å². The van der Waals surface area contributed by atoms with E-state index in [1.54, 1.807) is 0 Å². The molecule has 0 saturated carbocycles. The molecule has 2 nitrogen and oxygen atoms in total. The molecule has 0 aliphatic heterocycles. The maximum absolute atomic E-state index is 2.47. The lowest BCUT2D eigenvalue weighted by atomic mass is 9.91. The molecule has 0 bridgehead atoms. The molecule has 310 valence electrons. The van der Waals surface area contributed by atoms with Crippen molar-refractivity contribution in [2.24, 2.45) is 0 Å². The molecular formula is C60H48N2S2. The minimum Gasteiger partial charge on any atom is -0.301 e. The predicted octanol–water partition coefficient (Wildman–Crippen LogP) is 18.3. The van der Waals surface area contributed by atoms with Gasteiger partial charge in [-0.1, -0.05) is 192 Å². The van der Waals surface area contributed by atoms with Gasteiger partial charge in [0.05, 0.1) is 9.75 Å². The van der Waals surface area contributed by atoms with E-state index < -0.39 is 0 Å². The van der Waals surface area contributed by atoms with Crippen LogP contribution in [0, 0.1) is 27.7 Å². The van der Waals surface area contributed by atoms with Crippen molar-refractivity contribution in [3.63, 3.8) is 0 Å². The van der Waals surface area contributed by atoms with E-state index in [0.717, 1.165) is 32.8 Å². The summed E-state index contributed by atoms with van der Waals surface area (Å²) < 4.78 is 0. The summed E-state index contributed by atoms with van der Waals surface area (Å²) in [5.74, 6) is 0. The highest BCUT2D eigenvalue weighted by atomic mass is 32.1. The molecule has 10 aromatic rings. The van der Waals surface area contributed by atoms with E-state index in [-0.39, 0.29) is 0 Å². The highest BCUT2D eigenvalue weighted by molar-refractivity contribution is 7.27. The molecule has 2 heterocycles. The van der Waals surface area contributed by atoms with Crippen LogP contribution in [0.5, 0.6) is 0 Å². The molecule has 0 radical (unpaired) electrons. The van der Waals surface area contributed by atoms with Crippen LogP contribution in [0.25, 0.3) is 54.3 Å². The van der Waals surface area contributed by atoms with Gasteiger partial charge in [0.1, 0.15) is 10.0 Å². The Labute approximate surface area is 385 Å². The van der Waals surface area contributed by atoms with Crippen LogP contribution in [-0.4, -0.2) is 0 Å². The molecule has 0 aliphatic carbocycles. The molecule has 10 rings (SSSR count). The Kier molecular flexibility index (Phi) is 11.4. The van der Waals surface area contributed by atoms with Crippen LogP contribution in [0.3, 0.4) is 0 Å². The number of thiophene rings is 2. The summed E-state index contributed by atoms with van der Waals surface area (Å²) in [6.45, 7) is 8.64. The topological polar surface area (TPSA) is 6.48 Å². The van der Waals surface area contributed by atoms with E-state index in [9.17, 15) is 0 Å². The van der Waals surface area contributed by atoms with E-state index >= 15 is 0 Å². The van der Waals surface area contributed by atoms with E-state index in [2.05, 4.69) is 256 Å². The fourth-order valence-electron chi connectivity index (χ4n) is 8.52. The molecular weight excluding hydrogens is 813 g/mol. The average molecular weight is 861 g/mol. The summed E-state index contributed by atoms with van der Waals surface area (Å²) in [5, 5.41) is 2.33. The summed E-state index contributed by atoms with van der Waals surface area (Å²) in [5.41, 5.74) is 18.9. The third-order valence-corrected chi connectivity index (χ3v) is 14.3. The normalized spacial score (nSPS) is 11.1. The number of benzene rings is 8. The van der Waals surface area contributed by atoms with Crippen molar-refractivity contribution < 1.29 is 0 Å². The van der Waals surface area contributed by atoms with Crippen LogP contribution in [0.4, 0.5) is 32.8 Å². The summed E-state index contributed by atoms with van der Waals surface area (Å²) in [6, 6.07) is 79.9. The standard InChI is InChI=1S/C60H48N2S2/c1-41-25-33-49(34-26-41)61(50-35-27-42(2)28-36-50)59-55(47-21-13-7-14-22-47)53(45-17-9-5-10-18-45)57(63-59)58-54(46-19-11-6-12-20-46)56(48-23-15-8-16-24-48)60(64-58)62(51-37-29-43(3)30-38-51)52-39-31-44(4)32-40-52/h5-40H,1-4H3. The largest absolute Gasteiger partial charge is 0.301 e. The number of hydrogen-bond donors (Lipinski definition) is 0. The van der Waals surface area contributed by atoms with Crippen molar-refractivity contribution >= 4 is 55.4 Å². The number of aryl methyl sites for hydroxylation is 4. The van der Waals surface area contributed by atoms with Crippen molar-refractivity contribution in [2.75, 3.05) is 9.80 Å². The van der Waals surface area contributed by atoms with Gasteiger partial charge in [0.25, 0.3) is 0 Å². The average Bonchev–Trinajstić information content (AvgIpc) is 3.92. The van der Waals surface area contributed by atoms with E-state index in [1.807, 2.05) is 22.7 Å². The predicted molar refractivity (Wildman–Crippen MR) is 278 cm³/mol. The van der Waals surface area contributed by atoms with Crippen molar-refractivity contribution in [1.29, 1.82) is 0 Å². The molecule has 2 aromatic heterocycles. The van der Waals surface area contributed by atoms with Crippen LogP contribution >= 0.6 is 22.7 Å². The van der Waals surface area contributed by atoms with Crippen molar-refractivity contribution in [2.45, 2.75) is 27.7 Å². The Hall–Kier alpha value is -7.24. The van der Waals surface area contributed by atoms with Gasteiger partial charge in [-0.15, -0.1) is 22.7 Å². The highest BCUT2D eigenvalue weighted by Crippen LogP contribution is 2.62. The van der Waals surface area contributed by atoms with E-state index in [1.165, 1.54) is 76.5 Å². The van der Waals surface area contributed by atoms with Crippen LogP contribution in [0.1, 0.15) is 22.3 Å². The minimum absolute atomic E-state index is 1.11. The highest BCUT2D eigenvalue weighted by Gasteiger charge is 2.33. The number of nitrogens with zero attached hydrogens (tertiary/aromatic N) is 2. The number of rotatable bonds is 11. The first kappa shape index (κ1) is 40.8. The van der Waals surface area contributed by atoms with Gasteiger partial charge in [-0.3, -0.25) is 0 Å². The molecule has 0 unspecified atom stereocenters. The monoisotopic (exact) mass is 860 g/mol. The SMILES string of the molecule is Cc1ccc(N(c2ccc(C)cc2)c2sc(-c3sc(N(c4ccc(C)cc4)c4ccc(C)cc4)c(-c4ccccc4)c3-c3ccccc3)c(-c3ccccc3)c2-c2ccccc2)cc1. The molecule has 64 heavy (non-hydrogen) atoms. The second-order valence-electron chi connectivity index (χ2n) is 16.4. The second kappa shape index (κ2) is 17.9. The minimum atomic E-state index is 1.11. The van der Waals surface area contributed by atoms with Gasteiger partial charge in [-0.05, 0) is 98.5 Å². The third kappa shape index (κ3) is 7.99. The molecule has 0 atom stereocenters. The van der Waals surface area contributed by atoms with Gasteiger partial charge in [-0.2, -0.15) is 0 Å². The lowest BCUT2D eigenvalue weighted by Crippen LogP contribution is -2.09. The lowest BCUT2D eigenvalue weighted by molar-refractivity contribution is 1.29. The summed E-state index contributed by atoms with van der Waals surface area (Å²) in [6.07, 6.45) is 0. The first-order valence-electron chi connectivity index (χ1n) is 21.8. The van der Waals surface area contributed by atoms with Crippen LogP contribution < -0.4 is 9.80 Å². The van der Waals surface area contributed by atoms with Gasteiger partial charge >= 0.3 is 0 Å². The van der Waals surface area contributed by atoms with Gasteiger partial charge in [-0.25, -0.2) is 0 Å². The van der Waals surface area contributed by atoms with Crippen molar-refractivity contribution in [3.8, 4) is 54.3 Å². The Bertz CT molecular complexity index is 2820. The summed E-state index contributed by atoms with van der Waals surface area (Å²) in [7, 11) is 0. The first-order valence-corrected chi connectivity index (χ1v) is 23.5. The molecule has 0 N–H and O–H groups in total. The van der Waals surface area contributed by atoms with Gasteiger partial charge in [0.15, 0.2) is 0 Å². The number of hydrogen-bond acceptors (Lipinski definition) is 4. The first-order chi connectivity index (χ1) is 31.4. The van der Waals surface area contributed by atoms with E-state index in [4.69, 9.17) is 0 Å². The maximum atomic E-state index is 2.47. The van der Waals surface area contributed by atoms with Crippen molar-refractivity contribution in [3.05, 3.63) is 241 Å². The van der Waals surface area contributed by atoms with Gasteiger partial charge in [0, 0.05) is 45.0 Å². The summed E-state index contributed by atoms with van der Waals surface area (Å²) in [4.78, 5) is 7.40. The molecule has 0 fully saturated rings. The smallest absolute Gasteiger partial charge is 0.109 e. The summed E-state index contributed by atoms with van der Waals surface area (Å²) >= 11 is 3.77. The molecule has 0 amide bonds. The Morgan fingerprint density at radius 2 is 0.469 bits per heavy atom. The Morgan fingerprint density at radius 1 is 0.250 bits per heavy atom. The zero-order valence-corrected chi connectivity index (χ0v) is 38.1. The molecule has 0 aliphatic rings. The van der Waals surface area contributed by atoms with Gasteiger partial charge in [0.2, 0.25) is 0 Å². The van der Waals surface area contributed by atoms with Gasteiger partial charge < -0.3 is 9.80 Å². The molecule has 8 aromatic carbocycles. The quantitative estimate of drug-likeness (QED) is 0.128. The number of anilines is 6. The Morgan fingerprint density at radius 3 is 0.703 bits per heavy atom. The Balaban J connectivity index is 1.38. The lowest BCUT2D eigenvalue weighted by Gasteiger charge is -2.26. The van der Waals surface area contributed by atoms with Crippen molar-refractivity contribution in [1.82, 2.24) is 0 Å². The third-order valence-electron chi connectivity index (χ3n) is 11.8. The fraction of sp³-hybridized carbons (Fsp3) is 0.0667. The van der Waals surface area contributed by atoms with Crippen LogP contribution in [0.2, 0.25) is 0 Å². The zero-order valence-electron chi connectivity index (χ0n) is 36.5. The molecule has 0 saturated heterocycles. The fourth-order valence-corrected chi connectivity index (χ4v) is 11.4. The zero-order chi connectivity index (χ0) is 43.6.